The Morgan fingerprint density at radius 2 is 1.93 bits per heavy atom. The molecule has 3 amide bonds. The first kappa shape index (κ1) is 18.8. The molecule has 0 saturated carbocycles. The molecule has 0 bridgehead atoms. The largest absolute Gasteiger partial charge is 0.496 e. The van der Waals surface area contributed by atoms with E-state index in [4.69, 9.17) is 16.3 Å². The summed E-state index contributed by atoms with van der Waals surface area (Å²) in [5, 5.41) is 8.87. The standard InChI is InChI=1S/C20H20ClN3O3/c1-11-8-9-13(10-15(11)21)23-19(25)17-12(2)22-20(26)24-18(17)14-6-4-5-7-16(14)27-3/h4-10,18H,1-3H3,(H,23,25)(H2,22,24,26)/t18-/m0/s1. The van der Waals surface area contributed by atoms with Crippen LogP contribution in [0.2, 0.25) is 5.02 Å². The van der Waals surface area contributed by atoms with Gasteiger partial charge in [0.15, 0.2) is 0 Å². The molecule has 1 atom stereocenters. The zero-order chi connectivity index (χ0) is 19.6. The number of methoxy groups -OCH3 is 1. The molecule has 0 radical (unpaired) electrons. The highest BCUT2D eigenvalue weighted by Crippen LogP contribution is 2.33. The van der Waals surface area contributed by atoms with Crippen molar-refractivity contribution in [3.8, 4) is 5.75 Å². The SMILES string of the molecule is COc1ccccc1[C@@H]1NC(=O)NC(C)=C1C(=O)Nc1ccc(C)c(Cl)c1. The molecule has 3 rings (SSSR count). The number of urea groups is 1. The van der Waals surface area contributed by atoms with Crippen LogP contribution in [0.1, 0.15) is 24.1 Å². The fraction of sp³-hybridized carbons (Fsp3) is 0.200. The predicted molar refractivity (Wildman–Crippen MR) is 105 cm³/mol. The number of rotatable bonds is 4. The van der Waals surface area contributed by atoms with Crippen molar-refractivity contribution in [3.63, 3.8) is 0 Å². The van der Waals surface area contributed by atoms with E-state index in [1.165, 1.54) is 0 Å². The van der Waals surface area contributed by atoms with Crippen molar-refractivity contribution < 1.29 is 14.3 Å². The number of allylic oxidation sites excluding steroid dienone is 1. The van der Waals surface area contributed by atoms with E-state index in [0.29, 0.717) is 33.3 Å². The third-order valence-corrected chi connectivity index (χ3v) is 4.80. The molecule has 7 heteroatoms. The second-order valence-electron chi connectivity index (χ2n) is 6.23. The molecule has 27 heavy (non-hydrogen) atoms. The van der Waals surface area contributed by atoms with Crippen LogP contribution in [0.4, 0.5) is 10.5 Å². The summed E-state index contributed by atoms with van der Waals surface area (Å²) < 4.78 is 5.40. The minimum absolute atomic E-state index is 0.337. The summed E-state index contributed by atoms with van der Waals surface area (Å²) in [7, 11) is 1.55. The van der Waals surface area contributed by atoms with Gasteiger partial charge in [0.1, 0.15) is 5.75 Å². The molecular formula is C20H20ClN3O3. The molecule has 1 aliphatic heterocycles. The first-order valence-electron chi connectivity index (χ1n) is 8.39. The highest BCUT2D eigenvalue weighted by molar-refractivity contribution is 6.31. The maximum atomic E-state index is 13.0. The number of nitrogens with one attached hydrogen (secondary N) is 3. The van der Waals surface area contributed by atoms with E-state index < -0.39 is 6.04 Å². The van der Waals surface area contributed by atoms with E-state index in [-0.39, 0.29) is 11.9 Å². The second-order valence-corrected chi connectivity index (χ2v) is 6.64. The first-order valence-corrected chi connectivity index (χ1v) is 8.77. The molecule has 0 fully saturated rings. The van der Waals surface area contributed by atoms with E-state index >= 15 is 0 Å². The molecule has 2 aromatic rings. The molecule has 3 N–H and O–H groups in total. The predicted octanol–water partition coefficient (Wildman–Crippen LogP) is 3.92. The maximum absolute atomic E-state index is 13.0. The quantitative estimate of drug-likeness (QED) is 0.746. The van der Waals surface area contributed by atoms with Crippen LogP contribution >= 0.6 is 11.6 Å². The van der Waals surface area contributed by atoms with Crippen LogP contribution in [0.25, 0.3) is 0 Å². The number of benzene rings is 2. The van der Waals surface area contributed by atoms with Crippen LogP contribution in [-0.2, 0) is 4.79 Å². The monoisotopic (exact) mass is 385 g/mol. The zero-order valence-corrected chi connectivity index (χ0v) is 16.0. The number of anilines is 1. The summed E-state index contributed by atoms with van der Waals surface area (Å²) >= 11 is 6.15. The van der Waals surface area contributed by atoms with Crippen molar-refractivity contribution in [1.29, 1.82) is 0 Å². The van der Waals surface area contributed by atoms with Crippen molar-refractivity contribution in [2.24, 2.45) is 0 Å². The number of ether oxygens (including phenoxy) is 1. The summed E-state index contributed by atoms with van der Waals surface area (Å²) in [4.78, 5) is 25.0. The Hall–Kier alpha value is -2.99. The molecule has 1 heterocycles. The Labute approximate surface area is 162 Å². The number of aryl methyl sites for hydroxylation is 1. The van der Waals surface area contributed by atoms with E-state index in [2.05, 4.69) is 16.0 Å². The average molecular weight is 386 g/mol. The molecule has 0 aliphatic carbocycles. The van der Waals surface area contributed by atoms with Gasteiger partial charge in [0.2, 0.25) is 0 Å². The van der Waals surface area contributed by atoms with Gasteiger partial charge in [-0.3, -0.25) is 4.79 Å². The Bertz CT molecular complexity index is 940. The molecule has 6 nitrogen and oxygen atoms in total. The smallest absolute Gasteiger partial charge is 0.319 e. The van der Waals surface area contributed by atoms with Crippen LogP contribution in [-0.4, -0.2) is 19.0 Å². The third kappa shape index (κ3) is 3.90. The Kier molecular flexibility index (Phi) is 5.37. The summed E-state index contributed by atoms with van der Waals surface area (Å²) in [6.07, 6.45) is 0. The first-order chi connectivity index (χ1) is 12.9. The molecule has 2 aromatic carbocycles. The van der Waals surface area contributed by atoms with Gasteiger partial charge >= 0.3 is 6.03 Å². The lowest BCUT2D eigenvalue weighted by Gasteiger charge is -2.29. The summed E-state index contributed by atoms with van der Waals surface area (Å²) in [6, 6.07) is 11.5. The normalized spacial score (nSPS) is 16.4. The summed E-state index contributed by atoms with van der Waals surface area (Å²) in [5.74, 6) is 0.247. The molecule has 0 unspecified atom stereocenters. The molecule has 0 aromatic heterocycles. The minimum Gasteiger partial charge on any atom is -0.496 e. The number of halogens is 1. The van der Waals surface area contributed by atoms with E-state index in [1.807, 2.05) is 31.2 Å². The number of carbonyl (C=O) groups is 2. The van der Waals surface area contributed by atoms with Gasteiger partial charge in [-0.1, -0.05) is 35.9 Å². The number of hydrogen-bond acceptors (Lipinski definition) is 3. The van der Waals surface area contributed by atoms with Crippen LogP contribution in [0.15, 0.2) is 53.7 Å². The van der Waals surface area contributed by atoms with E-state index in [1.54, 1.807) is 32.2 Å². The number of carbonyl (C=O) groups excluding carboxylic acids is 2. The van der Waals surface area contributed by atoms with Crippen LogP contribution in [0.5, 0.6) is 5.75 Å². The highest BCUT2D eigenvalue weighted by atomic mass is 35.5. The van der Waals surface area contributed by atoms with Crippen molar-refractivity contribution in [3.05, 3.63) is 69.9 Å². The molecule has 1 aliphatic rings. The summed E-state index contributed by atoms with van der Waals surface area (Å²) in [5.41, 5.74) is 3.07. The Morgan fingerprint density at radius 1 is 1.19 bits per heavy atom. The topological polar surface area (TPSA) is 79.5 Å². The average Bonchev–Trinajstić information content (AvgIpc) is 2.64. The van der Waals surface area contributed by atoms with Crippen molar-refractivity contribution in [1.82, 2.24) is 10.6 Å². The van der Waals surface area contributed by atoms with Crippen molar-refractivity contribution in [2.45, 2.75) is 19.9 Å². The van der Waals surface area contributed by atoms with Crippen LogP contribution in [0.3, 0.4) is 0 Å². The van der Waals surface area contributed by atoms with Crippen molar-refractivity contribution >= 4 is 29.2 Å². The van der Waals surface area contributed by atoms with Crippen LogP contribution < -0.4 is 20.7 Å². The fourth-order valence-corrected chi connectivity index (χ4v) is 3.18. The maximum Gasteiger partial charge on any atom is 0.319 e. The van der Waals surface area contributed by atoms with Gasteiger partial charge in [0.25, 0.3) is 5.91 Å². The van der Waals surface area contributed by atoms with Crippen molar-refractivity contribution in [2.75, 3.05) is 12.4 Å². The van der Waals surface area contributed by atoms with Gasteiger partial charge in [-0.05, 0) is 37.6 Å². The van der Waals surface area contributed by atoms with Gasteiger partial charge < -0.3 is 20.7 Å². The summed E-state index contributed by atoms with van der Waals surface area (Å²) in [6.45, 7) is 3.58. The molecule has 140 valence electrons. The minimum atomic E-state index is -0.643. The van der Waals surface area contributed by atoms with Gasteiger partial charge in [0.05, 0.1) is 18.7 Å². The lowest BCUT2D eigenvalue weighted by Crippen LogP contribution is -2.46. The third-order valence-electron chi connectivity index (χ3n) is 4.39. The lowest BCUT2D eigenvalue weighted by atomic mass is 9.94. The number of amides is 3. The Morgan fingerprint density at radius 3 is 2.63 bits per heavy atom. The van der Waals surface area contributed by atoms with E-state index in [0.717, 1.165) is 5.56 Å². The number of hydrogen-bond donors (Lipinski definition) is 3. The van der Waals surface area contributed by atoms with Crippen LogP contribution in [0, 0.1) is 6.92 Å². The number of para-hydroxylation sites is 1. The Balaban J connectivity index is 1.98. The molecule has 0 spiro atoms. The fourth-order valence-electron chi connectivity index (χ4n) is 3.00. The van der Waals surface area contributed by atoms with Gasteiger partial charge in [-0.15, -0.1) is 0 Å². The second kappa shape index (κ2) is 7.72. The zero-order valence-electron chi connectivity index (χ0n) is 15.2. The molecule has 0 saturated heterocycles. The molecular weight excluding hydrogens is 366 g/mol. The lowest BCUT2D eigenvalue weighted by molar-refractivity contribution is -0.113. The van der Waals surface area contributed by atoms with Gasteiger partial charge in [-0.25, -0.2) is 4.79 Å². The van der Waals surface area contributed by atoms with Gasteiger partial charge in [-0.2, -0.15) is 0 Å². The highest BCUT2D eigenvalue weighted by Gasteiger charge is 2.32. The van der Waals surface area contributed by atoms with Gasteiger partial charge in [0, 0.05) is 22.0 Å². The van der Waals surface area contributed by atoms with E-state index in [9.17, 15) is 9.59 Å².